The molecule has 1 atom stereocenters. The number of rotatable bonds is 6. The highest BCUT2D eigenvalue weighted by molar-refractivity contribution is 5.36. The van der Waals surface area contributed by atoms with Crippen molar-refractivity contribution in [2.75, 3.05) is 13.7 Å². The van der Waals surface area contributed by atoms with Crippen molar-refractivity contribution in [1.82, 2.24) is 5.32 Å². The van der Waals surface area contributed by atoms with Crippen LogP contribution in [0.3, 0.4) is 0 Å². The van der Waals surface area contributed by atoms with Crippen molar-refractivity contribution in [3.8, 4) is 5.75 Å². The van der Waals surface area contributed by atoms with Gasteiger partial charge >= 0.3 is 0 Å². The summed E-state index contributed by atoms with van der Waals surface area (Å²) >= 11 is 0. The molecule has 0 aromatic heterocycles. The fraction of sp³-hybridized carbons (Fsp3) is 0.538. The fourth-order valence-electron chi connectivity index (χ4n) is 1.88. The molecule has 0 heterocycles. The van der Waals surface area contributed by atoms with Crippen molar-refractivity contribution in [2.45, 2.75) is 32.7 Å². The summed E-state index contributed by atoms with van der Waals surface area (Å²) in [5, 5.41) is 3.36. The van der Waals surface area contributed by atoms with Gasteiger partial charge in [-0.1, -0.05) is 20.3 Å². The van der Waals surface area contributed by atoms with Crippen molar-refractivity contribution < 1.29 is 9.13 Å². The van der Waals surface area contributed by atoms with Gasteiger partial charge in [0.25, 0.3) is 0 Å². The van der Waals surface area contributed by atoms with E-state index in [0.29, 0.717) is 0 Å². The molecule has 1 rings (SSSR count). The summed E-state index contributed by atoms with van der Waals surface area (Å²) in [6.07, 6.45) is 2.03. The molecule has 1 aromatic rings. The van der Waals surface area contributed by atoms with Crippen LogP contribution >= 0.6 is 0 Å². The van der Waals surface area contributed by atoms with Gasteiger partial charge in [0.2, 0.25) is 0 Å². The van der Waals surface area contributed by atoms with Crippen LogP contribution < -0.4 is 10.1 Å². The Kier molecular flexibility index (Phi) is 5.26. The number of benzene rings is 1. The predicted octanol–water partition coefficient (Wildman–Crippen LogP) is 3.29. The molecule has 0 radical (unpaired) electrons. The Bertz CT molecular complexity index is 322. The lowest BCUT2D eigenvalue weighted by Crippen LogP contribution is -2.21. The quantitative estimate of drug-likeness (QED) is 0.802. The molecule has 90 valence electrons. The largest absolute Gasteiger partial charge is 0.496 e. The van der Waals surface area contributed by atoms with Crippen LogP contribution in [-0.4, -0.2) is 13.7 Å². The van der Waals surface area contributed by atoms with Gasteiger partial charge in [-0.05, 0) is 31.2 Å². The zero-order chi connectivity index (χ0) is 12.0. The third kappa shape index (κ3) is 3.20. The highest BCUT2D eigenvalue weighted by Crippen LogP contribution is 2.28. The first-order valence-electron chi connectivity index (χ1n) is 5.79. The lowest BCUT2D eigenvalue weighted by atomic mass is 10.0. The van der Waals surface area contributed by atoms with Gasteiger partial charge in [-0.15, -0.1) is 0 Å². The minimum atomic E-state index is -0.213. The van der Waals surface area contributed by atoms with Crippen LogP contribution in [0, 0.1) is 5.82 Å². The Morgan fingerprint density at radius 3 is 2.69 bits per heavy atom. The van der Waals surface area contributed by atoms with Crippen LogP contribution in [0.2, 0.25) is 0 Å². The van der Waals surface area contributed by atoms with Gasteiger partial charge in [-0.3, -0.25) is 0 Å². The number of hydrogen-bond acceptors (Lipinski definition) is 2. The average molecular weight is 225 g/mol. The molecule has 0 bridgehead atoms. The maximum absolute atomic E-state index is 13.2. The maximum atomic E-state index is 13.2. The molecule has 0 aliphatic heterocycles. The molecule has 1 unspecified atom stereocenters. The zero-order valence-electron chi connectivity index (χ0n) is 10.2. The van der Waals surface area contributed by atoms with Crippen molar-refractivity contribution in [2.24, 2.45) is 0 Å². The lowest BCUT2D eigenvalue weighted by Gasteiger charge is -2.20. The summed E-state index contributed by atoms with van der Waals surface area (Å²) in [5.41, 5.74) is 0.909. The fourth-order valence-corrected chi connectivity index (χ4v) is 1.88. The number of halogens is 1. The second-order valence-electron chi connectivity index (χ2n) is 3.79. The normalized spacial score (nSPS) is 12.5. The summed E-state index contributed by atoms with van der Waals surface area (Å²) in [7, 11) is 1.62. The van der Waals surface area contributed by atoms with Crippen LogP contribution in [-0.2, 0) is 0 Å². The van der Waals surface area contributed by atoms with Crippen LogP contribution in [0.5, 0.6) is 5.75 Å². The van der Waals surface area contributed by atoms with E-state index < -0.39 is 0 Å². The molecule has 0 aliphatic carbocycles. The molecular formula is C13H20FNO. The molecule has 3 heteroatoms. The molecule has 2 nitrogen and oxygen atoms in total. The molecule has 1 aromatic carbocycles. The smallest absolute Gasteiger partial charge is 0.123 e. The zero-order valence-corrected chi connectivity index (χ0v) is 10.2. The number of methoxy groups -OCH3 is 1. The first kappa shape index (κ1) is 13.0. The van der Waals surface area contributed by atoms with E-state index in [9.17, 15) is 4.39 Å². The average Bonchev–Trinajstić information content (AvgIpc) is 2.29. The van der Waals surface area contributed by atoms with E-state index in [1.165, 1.54) is 6.07 Å². The SMILES string of the molecule is CCCC(NCC)c1cc(F)ccc1OC. The van der Waals surface area contributed by atoms with Gasteiger partial charge in [0, 0.05) is 11.6 Å². The number of nitrogens with one attached hydrogen (secondary N) is 1. The van der Waals surface area contributed by atoms with Gasteiger partial charge in [0.05, 0.1) is 7.11 Å². The lowest BCUT2D eigenvalue weighted by molar-refractivity contribution is 0.393. The van der Waals surface area contributed by atoms with Crippen LogP contribution in [0.1, 0.15) is 38.3 Å². The third-order valence-electron chi connectivity index (χ3n) is 2.60. The van der Waals surface area contributed by atoms with E-state index in [2.05, 4.69) is 19.2 Å². The Hall–Kier alpha value is -1.09. The molecule has 0 saturated heterocycles. The van der Waals surface area contributed by atoms with Gasteiger partial charge in [-0.2, -0.15) is 0 Å². The third-order valence-corrected chi connectivity index (χ3v) is 2.60. The summed E-state index contributed by atoms with van der Waals surface area (Å²) in [6.45, 7) is 5.04. The second kappa shape index (κ2) is 6.48. The van der Waals surface area contributed by atoms with Gasteiger partial charge in [0.15, 0.2) is 0 Å². The maximum Gasteiger partial charge on any atom is 0.123 e. The molecular weight excluding hydrogens is 205 g/mol. The van der Waals surface area contributed by atoms with Gasteiger partial charge in [-0.25, -0.2) is 4.39 Å². The predicted molar refractivity (Wildman–Crippen MR) is 64.3 cm³/mol. The van der Waals surface area contributed by atoms with Crippen molar-refractivity contribution >= 4 is 0 Å². The highest BCUT2D eigenvalue weighted by atomic mass is 19.1. The topological polar surface area (TPSA) is 21.3 Å². The summed E-state index contributed by atoms with van der Waals surface area (Å²) in [6, 6.07) is 4.84. The van der Waals surface area contributed by atoms with Crippen molar-refractivity contribution in [3.05, 3.63) is 29.6 Å². The second-order valence-corrected chi connectivity index (χ2v) is 3.79. The molecule has 0 saturated carbocycles. The Morgan fingerprint density at radius 2 is 2.12 bits per heavy atom. The van der Waals surface area contributed by atoms with E-state index in [1.54, 1.807) is 19.2 Å². The first-order valence-corrected chi connectivity index (χ1v) is 5.79. The van der Waals surface area contributed by atoms with Gasteiger partial charge < -0.3 is 10.1 Å². The minimum absolute atomic E-state index is 0.167. The van der Waals surface area contributed by atoms with E-state index in [0.717, 1.165) is 30.7 Å². The Labute approximate surface area is 96.8 Å². The molecule has 0 amide bonds. The molecule has 0 aliphatic rings. The van der Waals surface area contributed by atoms with E-state index in [1.807, 2.05) is 0 Å². The summed E-state index contributed by atoms with van der Waals surface area (Å²) in [5.74, 6) is 0.538. The Morgan fingerprint density at radius 1 is 1.38 bits per heavy atom. The molecule has 0 spiro atoms. The van der Waals surface area contributed by atoms with Crippen molar-refractivity contribution in [3.63, 3.8) is 0 Å². The van der Waals surface area contributed by atoms with E-state index in [-0.39, 0.29) is 11.9 Å². The summed E-state index contributed by atoms with van der Waals surface area (Å²) in [4.78, 5) is 0. The number of ether oxygens (including phenoxy) is 1. The molecule has 0 fully saturated rings. The molecule has 1 N–H and O–H groups in total. The van der Waals surface area contributed by atoms with E-state index >= 15 is 0 Å². The van der Waals surface area contributed by atoms with Crippen LogP contribution in [0.4, 0.5) is 4.39 Å². The van der Waals surface area contributed by atoms with Gasteiger partial charge in [0.1, 0.15) is 11.6 Å². The van der Waals surface area contributed by atoms with E-state index in [4.69, 9.17) is 4.74 Å². The Balaban J connectivity index is 3.00. The van der Waals surface area contributed by atoms with Crippen LogP contribution in [0.25, 0.3) is 0 Å². The summed E-state index contributed by atoms with van der Waals surface area (Å²) < 4.78 is 18.5. The molecule has 16 heavy (non-hydrogen) atoms. The first-order chi connectivity index (χ1) is 7.72. The van der Waals surface area contributed by atoms with Crippen molar-refractivity contribution in [1.29, 1.82) is 0 Å². The monoisotopic (exact) mass is 225 g/mol. The minimum Gasteiger partial charge on any atom is -0.496 e. The number of hydrogen-bond donors (Lipinski definition) is 1. The standard InChI is InChI=1S/C13H20FNO/c1-4-6-12(15-5-2)11-9-10(14)7-8-13(11)16-3/h7-9,12,15H,4-6H2,1-3H3. The highest BCUT2D eigenvalue weighted by Gasteiger charge is 2.15. The van der Waals surface area contributed by atoms with Crippen LogP contribution in [0.15, 0.2) is 18.2 Å².